The van der Waals surface area contributed by atoms with Crippen LogP contribution in [0.5, 0.6) is 5.75 Å². The van der Waals surface area contributed by atoms with Crippen molar-refractivity contribution in [3.63, 3.8) is 0 Å². The predicted octanol–water partition coefficient (Wildman–Crippen LogP) is 1.66. The Hall–Kier alpha value is -3.96. The number of ether oxygens (including phenoxy) is 1. The predicted molar refractivity (Wildman–Crippen MR) is 154 cm³/mol. The van der Waals surface area contributed by atoms with E-state index in [1.807, 2.05) is 4.90 Å². The maximum atomic E-state index is 13.5. The number of amides is 3. The third-order valence-corrected chi connectivity index (χ3v) is 7.44. The highest BCUT2D eigenvalue weighted by Gasteiger charge is 2.37. The van der Waals surface area contributed by atoms with E-state index >= 15 is 0 Å². The number of carbonyl (C=O) groups excluding carboxylic acids is 3. The Morgan fingerprint density at radius 1 is 1.15 bits per heavy atom. The molecule has 0 atom stereocenters. The maximum Gasteiger partial charge on any atom is 0.265 e. The molecule has 2 fully saturated rings. The van der Waals surface area contributed by atoms with Crippen molar-refractivity contribution < 1.29 is 19.1 Å². The largest absolute Gasteiger partial charge is 0.491 e. The molecule has 0 saturated carbocycles. The van der Waals surface area contributed by atoms with E-state index in [-0.39, 0.29) is 41.5 Å². The van der Waals surface area contributed by atoms with Gasteiger partial charge in [0.2, 0.25) is 11.8 Å². The average molecular weight is 581 g/mol. The molecule has 41 heavy (non-hydrogen) atoms. The molecule has 11 nitrogen and oxygen atoms in total. The van der Waals surface area contributed by atoms with Gasteiger partial charge in [0, 0.05) is 49.7 Å². The molecule has 0 bridgehead atoms. The average Bonchev–Trinajstić information content (AvgIpc) is 2.92. The van der Waals surface area contributed by atoms with Gasteiger partial charge in [0.1, 0.15) is 30.1 Å². The highest BCUT2D eigenvalue weighted by molar-refractivity contribution is 6.30. The lowest BCUT2D eigenvalue weighted by atomic mass is 9.84. The lowest BCUT2D eigenvalue weighted by Gasteiger charge is -2.45. The quantitative estimate of drug-likeness (QED) is 0.394. The number of carbonyl (C=O) groups is 3. The molecule has 0 radical (unpaired) electrons. The molecule has 0 unspecified atom stereocenters. The van der Waals surface area contributed by atoms with E-state index in [4.69, 9.17) is 16.3 Å². The minimum Gasteiger partial charge on any atom is -0.491 e. The van der Waals surface area contributed by atoms with E-state index in [2.05, 4.69) is 29.5 Å². The summed E-state index contributed by atoms with van der Waals surface area (Å²) in [5, 5.41) is 6.65. The molecule has 3 amide bonds. The summed E-state index contributed by atoms with van der Waals surface area (Å²) in [6.45, 7) is 7.88. The Morgan fingerprint density at radius 2 is 1.90 bits per heavy atom. The van der Waals surface area contributed by atoms with Crippen LogP contribution in [0.1, 0.15) is 29.8 Å². The Bertz CT molecular complexity index is 1530. The fourth-order valence-corrected chi connectivity index (χ4v) is 5.21. The summed E-state index contributed by atoms with van der Waals surface area (Å²) in [6.07, 6.45) is 1.50. The summed E-state index contributed by atoms with van der Waals surface area (Å²) in [5.41, 5.74) is 0.458. The van der Waals surface area contributed by atoms with Crippen molar-refractivity contribution >= 4 is 40.4 Å². The van der Waals surface area contributed by atoms with Gasteiger partial charge in [-0.1, -0.05) is 37.6 Å². The third-order valence-electron chi connectivity index (χ3n) is 7.19. The van der Waals surface area contributed by atoms with Gasteiger partial charge < -0.3 is 20.3 Å². The molecule has 2 saturated heterocycles. The second-order valence-electron chi connectivity index (χ2n) is 11.2. The molecule has 2 N–H and O–H groups in total. The molecule has 0 aliphatic carbocycles. The SMILES string of the molecule is CC1(C)CN(C(=O)Cn2c(=O)c(C(=O)NCc3ccc(Cl)cc3)cc3cc(OCCN4CCNC(=O)C4)cnc32)C1. The van der Waals surface area contributed by atoms with Crippen LogP contribution in [0.2, 0.25) is 5.02 Å². The van der Waals surface area contributed by atoms with Gasteiger partial charge in [0.25, 0.3) is 11.5 Å². The van der Waals surface area contributed by atoms with Crippen molar-refractivity contribution in [2.24, 2.45) is 5.41 Å². The van der Waals surface area contributed by atoms with Crippen LogP contribution in [0.25, 0.3) is 11.0 Å². The normalized spacial score (nSPS) is 16.7. The van der Waals surface area contributed by atoms with Crippen LogP contribution in [-0.2, 0) is 22.7 Å². The Labute approximate surface area is 242 Å². The highest BCUT2D eigenvalue weighted by Crippen LogP contribution is 2.29. The van der Waals surface area contributed by atoms with E-state index < -0.39 is 11.5 Å². The van der Waals surface area contributed by atoms with Crippen LogP contribution >= 0.6 is 11.6 Å². The minimum atomic E-state index is -0.594. The zero-order chi connectivity index (χ0) is 29.1. The number of benzene rings is 1. The zero-order valence-corrected chi connectivity index (χ0v) is 23.9. The van der Waals surface area contributed by atoms with Crippen molar-refractivity contribution in [2.45, 2.75) is 26.9 Å². The van der Waals surface area contributed by atoms with Crippen LogP contribution < -0.4 is 20.9 Å². The molecule has 2 aliphatic rings. The van der Waals surface area contributed by atoms with Gasteiger partial charge in [-0.25, -0.2) is 4.98 Å². The van der Waals surface area contributed by atoms with Crippen molar-refractivity contribution in [1.82, 2.24) is 30.0 Å². The summed E-state index contributed by atoms with van der Waals surface area (Å²) < 4.78 is 7.16. The third kappa shape index (κ3) is 6.86. The fraction of sp³-hybridized carbons (Fsp3) is 0.414. The summed E-state index contributed by atoms with van der Waals surface area (Å²) in [5.74, 6) is -0.334. The van der Waals surface area contributed by atoms with Gasteiger partial charge in [0.05, 0.1) is 12.7 Å². The lowest BCUT2D eigenvalue weighted by molar-refractivity contribution is -0.142. The van der Waals surface area contributed by atoms with Gasteiger partial charge >= 0.3 is 0 Å². The number of piperazine rings is 1. The van der Waals surface area contributed by atoms with E-state index in [9.17, 15) is 19.2 Å². The number of nitrogens with zero attached hydrogens (tertiary/aromatic N) is 4. The first kappa shape index (κ1) is 28.6. The fourth-order valence-electron chi connectivity index (χ4n) is 5.09. The van der Waals surface area contributed by atoms with Crippen LogP contribution in [0, 0.1) is 5.41 Å². The molecular weight excluding hydrogens is 548 g/mol. The molecule has 5 rings (SSSR count). The van der Waals surface area contributed by atoms with Gasteiger partial charge in [-0.05, 0) is 35.2 Å². The molecule has 3 aromatic rings. The first-order valence-electron chi connectivity index (χ1n) is 13.5. The Morgan fingerprint density at radius 3 is 2.61 bits per heavy atom. The molecule has 2 aliphatic heterocycles. The number of hydrogen-bond donors (Lipinski definition) is 2. The van der Waals surface area contributed by atoms with Crippen LogP contribution in [0.4, 0.5) is 0 Å². The van der Waals surface area contributed by atoms with E-state index in [0.717, 1.165) is 12.1 Å². The summed E-state index contributed by atoms with van der Waals surface area (Å²) in [4.78, 5) is 59.5. The number of likely N-dealkylation sites (tertiary alicyclic amines) is 1. The number of halogens is 1. The number of hydrogen-bond acceptors (Lipinski definition) is 7. The first-order valence-corrected chi connectivity index (χ1v) is 13.9. The zero-order valence-electron chi connectivity index (χ0n) is 23.1. The standard InChI is InChI=1S/C29H33ClN6O5/c1-29(2)17-35(18-29)25(38)16-36-26-20(11-22(14-32-26)41-10-9-34-8-7-31-24(37)15-34)12-23(28(36)40)27(39)33-13-19-3-5-21(30)6-4-19/h3-6,11-12,14H,7-10,13,15-18H2,1-2H3,(H,31,37)(H,33,39). The monoisotopic (exact) mass is 580 g/mol. The van der Waals surface area contributed by atoms with Crippen LogP contribution in [0.3, 0.4) is 0 Å². The van der Waals surface area contributed by atoms with E-state index in [1.54, 1.807) is 35.2 Å². The van der Waals surface area contributed by atoms with Crippen molar-refractivity contribution in [1.29, 1.82) is 0 Å². The van der Waals surface area contributed by atoms with Crippen molar-refractivity contribution in [3.8, 4) is 5.75 Å². The second-order valence-corrected chi connectivity index (χ2v) is 11.7. The molecule has 12 heteroatoms. The summed E-state index contributed by atoms with van der Waals surface area (Å²) >= 11 is 5.95. The summed E-state index contributed by atoms with van der Waals surface area (Å²) in [6, 6.07) is 10.2. The van der Waals surface area contributed by atoms with Crippen molar-refractivity contribution in [2.75, 3.05) is 45.9 Å². The van der Waals surface area contributed by atoms with Gasteiger partial charge in [-0.3, -0.25) is 28.6 Å². The van der Waals surface area contributed by atoms with E-state index in [0.29, 0.717) is 55.5 Å². The Balaban J connectivity index is 1.38. The van der Waals surface area contributed by atoms with Crippen molar-refractivity contribution in [3.05, 3.63) is 69.1 Å². The number of pyridine rings is 2. The van der Waals surface area contributed by atoms with Gasteiger partial charge in [-0.2, -0.15) is 0 Å². The number of nitrogens with one attached hydrogen (secondary N) is 2. The minimum absolute atomic E-state index is 0.0141. The highest BCUT2D eigenvalue weighted by atomic mass is 35.5. The van der Waals surface area contributed by atoms with Crippen LogP contribution in [-0.4, -0.2) is 82.9 Å². The van der Waals surface area contributed by atoms with Gasteiger partial charge in [-0.15, -0.1) is 0 Å². The second kappa shape index (κ2) is 11.9. The topological polar surface area (TPSA) is 126 Å². The molecule has 216 valence electrons. The van der Waals surface area contributed by atoms with Crippen LogP contribution in [0.15, 0.2) is 47.4 Å². The number of aromatic nitrogens is 2. The number of rotatable bonds is 9. The molecule has 0 spiro atoms. The lowest BCUT2D eigenvalue weighted by Crippen LogP contribution is -2.56. The molecule has 4 heterocycles. The number of fused-ring (bicyclic) bond motifs is 1. The maximum absolute atomic E-state index is 13.5. The van der Waals surface area contributed by atoms with Gasteiger partial charge in [0.15, 0.2) is 0 Å². The smallest absolute Gasteiger partial charge is 0.265 e. The summed E-state index contributed by atoms with van der Waals surface area (Å²) in [7, 11) is 0. The first-order chi connectivity index (χ1) is 19.6. The molecule has 2 aromatic heterocycles. The molecular formula is C29H33ClN6O5. The van der Waals surface area contributed by atoms with E-state index in [1.165, 1.54) is 16.8 Å². The Kier molecular flexibility index (Phi) is 8.27. The molecule has 1 aromatic carbocycles.